The minimum Gasteiger partial charge on any atom is -0.480 e. The number of hydrogen-bond acceptors (Lipinski definition) is 6. The number of thiazole rings is 1. The number of carbonyl (C=O) groups excluding carboxylic acids is 1. The molecule has 2 bridgehead atoms. The maximum atomic E-state index is 12.8. The number of aromatic nitrogens is 1. The van der Waals surface area contributed by atoms with Gasteiger partial charge in [-0.05, 0) is 56.0 Å². The van der Waals surface area contributed by atoms with Gasteiger partial charge in [-0.15, -0.1) is 11.3 Å². The molecule has 150 valence electrons. The number of rotatable bonds is 4. The molecular formula is C18H25BrN2O5S. The van der Waals surface area contributed by atoms with E-state index in [1.54, 1.807) is 0 Å². The molecule has 0 spiro atoms. The molecule has 1 amide bonds. The number of halogens is 1. The normalized spacial score (nSPS) is 28.1. The summed E-state index contributed by atoms with van der Waals surface area (Å²) in [5.41, 5.74) is -1.34. The average Bonchev–Trinajstić information content (AvgIpc) is 2.97. The van der Waals surface area contributed by atoms with Gasteiger partial charge in [0.05, 0.1) is 0 Å². The van der Waals surface area contributed by atoms with Crippen LogP contribution >= 0.6 is 27.3 Å². The fourth-order valence-electron chi connectivity index (χ4n) is 4.04. The first-order valence-corrected chi connectivity index (χ1v) is 10.8. The van der Waals surface area contributed by atoms with E-state index in [9.17, 15) is 9.59 Å². The summed E-state index contributed by atoms with van der Waals surface area (Å²) in [5, 5.41) is 11.8. The van der Waals surface area contributed by atoms with Crippen LogP contribution in [0.3, 0.4) is 0 Å². The van der Waals surface area contributed by atoms with Crippen LogP contribution in [0.4, 0.5) is 4.79 Å². The van der Waals surface area contributed by atoms with Gasteiger partial charge < -0.3 is 19.5 Å². The van der Waals surface area contributed by atoms with Crippen molar-refractivity contribution in [2.45, 2.75) is 76.2 Å². The summed E-state index contributed by atoms with van der Waals surface area (Å²) in [6.45, 7) is 5.19. The van der Waals surface area contributed by atoms with E-state index in [1.807, 2.05) is 31.1 Å². The predicted molar refractivity (Wildman–Crippen MR) is 104 cm³/mol. The van der Waals surface area contributed by atoms with E-state index in [1.165, 1.54) is 11.3 Å². The lowest BCUT2D eigenvalue weighted by atomic mass is 9.75. The predicted octanol–water partition coefficient (Wildman–Crippen LogP) is 4.15. The fraction of sp³-hybridized carbons (Fsp3) is 0.722. The SMILES string of the molecule is CC(C)(C)OC(=O)N1C2CCCC1CC(OCC(=O)O)(c1nc(Br)cs1)C2. The summed E-state index contributed by atoms with van der Waals surface area (Å²) in [5.74, 6) is -1.01. The number of piperidine rings is 2. The van der Waals surface area contributed by atoms with Gasteiger partial charge in [-0.3, -0.25) is 0 Å². The Balaban J connectivity index is 1.89. The molecule has 27 heavy (non-hydrogen) atoms. The number of aliphatic carboxylic acids is 1. The van der Waals surface area contributed by atoms with E-state index in [2.05, 4.69) is 20.9 Å². The van der Waals surface area contributed by atoms with Gasteiger partial charge in [-0.25, -0.2) is 14.6 Å². The van der Waals surface area contributed by atoms with Gasteiger partial charge in [0.1, 0.15) is 27.4 Å². The van der Waals surface area contributed by atoms with Crippen LogP contribution in [-0.4, -0.2) is 51.3 Å². The summed E-state index contributed by atoms with van der Waals surface area (Å²) in [6, 6.07) is -0.104. The van der Waals surface area contributed by atoms with E-state index < -0.39 is 17.2 Å². The number of fused-ring (bicyclic) bond motifs is 2. The van der Waals surface area contributed by atoms with Gasteiger partial charge in [0.2, 0.25) is 0 Å². The molecule has 3 heterocycles. The van der Waals surface area contributed by atoms with E-state index in [0.717, 1.165) is 24.3 Å². The second-order valence-corrected chi connectivity index (χ2v) is 9.86. The van der Waals surface area contributed by atoms with Gasteiger partial charge in [-0.1, -0.05) is 0 Å². The molecule has 0 aliphatic carbocycles. The van der Waals surface area contributed by atoms with Crippen LogP contribution in [0, 0.1) is 0 Å². The van der Waals surface area contributed by atoms with Crippen LogP contribution < -0.4 is 0 Å². The number of carboxylic acid groups (broad SMARTS) is 1. The lowest BCUT2D eigenvalue weighted by Gasteiger charge is -2.52. The van der Waals surface area contributed by atoms with Crippen molar-refractivity contribution in [3.63, 3.8) is 0 Å². The Bertz CT molecular complexity index is 703. The first-order chi connectivity index (χ1) is 12.6. The molecule has 7 nitrogen and oxygen atoms in total. The second kappa shape index (κ2) is 7.67. The van der Waals surface area contributed by atoms with Crippen molar-refractivity contribution < 1.29 is 24.2 Å². The molecule has 9 heteroatoms. The average molecular weight is 461 g/mol. The number of hydrogen-bond donors (Lipinski definition) is 1. The summed E-state index contributed by atoms with van der Waals surface area (Å²) >= 11 is 4.83. The summed E-state index contributed by atoms with van der Waals surface area (Å²) in [6.07, 6.45) is 3.47. The van der Waals surface area contributed by atoms with Crippen molar-refractivity contribution in [3.05, 3.63) is 15.0 Å². The monoisotopic (exact) mass is 460 g/mol. The molecule has 1 aromatic rings. The molecule has 1 aromatic heterocycles. The third-order valence-electron chi connectivity index (χ3n) is 4.93. The number of carbonyl (C=O) groups is 2. The molecule has 2 atom stereocenters. The largest absolute Gasteiger partial charge is 0.480 e. The number of amides is 1. The van der Waals surface area contributed by atoms with Gasteiger partial charge in [0.25, 0.3) is 0 Å². The molecule has 0 aromatic carbocycles. The van der Waals surface area contributed by atoms with Crippen LogP contribution in [0.1, 0.15) is 57.9 Å². The highest BCUT2D eigenvalue weighted by molar-refractivity contribution is 9.10. The van der Waals surface area contributed by atoms with E-state index in [0.29, 0.717) is 17.4 Å². The molecule has 2 unspecified atom stereocenters. The van der Waals surface area contributed by atoms with Crippen molar-refractivity contribution in [2.24, 2.45) is 0 Å². The van der Waals surface area contributed by atoms with Crippen molar-refractivity contribution in [2.75, 3.05) is 6.61 Å². The van der Waals surface area contributed by atoms with Crippen molar-refractivity contribution >= 4 is 39.3 Å². The Morgan fingerprint density at radius 2 is 2.00 bits per heavy atom. The number of nitrogens with zero attached hydrogens (tertiary/aromatic N) is 2. The van der Waals surface area contributed by atoms with E-state index >= 15 is 0 Å². The highest BCUT2D eigenvalue weighted by Crippen LogP contribution is 2.48. The third kappa shape index (κ3) is 4.63. The minimum absolute atomic E-state index is 0.0520. The standard InChI is InChI=1S/C18H25BrN2O5S/c1-17(2,3)26-16(24)21-11-5-4-6-12(21)8-18(7-11,25-9-14(22)23)15-20-13(19)10-27-15/h10-12H,4-9H2,1-3H3,(H,22,23). The van der Waals surface area contributed by atoms with Gasteiger partial charge in [0.15, 0.2) is 0 Å². The Hall–Kier alpha value is -1.19. The summed E-state index contributed by atoms with van der Waals surface area (Å²) < 4.78 is 12.3. The van der Waals surface area contributed by atoms with E-state index in [-0.39, 0.29) is 24.8 Å². The smallest absolute Gasteiger partial charge is 0.410 e. The van der Waals surface area contributed by atoms with Crippen LogP contribution in [0.15, 0.2) is 9.98 Å². The Morgan fingerprint density at radius 1 is 1.37 bits per heavy atom. The Kier molecular flexibility index (Phi) is 5.84. The molecule has 1 N–H and O–H groups in total. The lowest BCUT2D eigenvalue weighted by Crippen LogP contribution is -2.60. The number of ether oxygens (including phenoxy) is 2. The van der Waals surface area contributed by atoms with Crippen LogP contribution in [0.5, 0.6) is 0 Å². The zero-order valence-corrected chi connectivity index (χ0v) is 18.1. The molecule has 3 rings (SSSR count). The quantitative estimate of drug-likeness (QED) is 0.725. The molecule has 2 saturated heterocycles. The van der Waals surface area contributed by atoms with Gasteiger partial charge in [-0.2, -0.15) is 0 Å². The van der Waals surface area contributed by atoms with Gasteiger partial charge in [0, 0.05) is 30.3 Å². The maximum Gasteiger partial charge on any atom is 0.410 e. The molecule has 2 aliphatic rings. The van der Waals surface area contributed by atoms with Crippen molar-refractivity contribution in [1.82, 2.24) is 9.88 Å². The van der Waals surface area contributed by atoms with Crippen LogP contribution in [0.2, 0.25) is 0 Å². The molecule has 2 aliphatic heterocycles. The highest BCUT2D eigenvalue weighted by Gasteiger charge is 2.52. The van der Waals surface area contributed by atoms with Crippen LogP contribution in [-0.2, 0) is 19.9 Å². The van der Waals surface area contributed by atoms with Gasteiger partial charge >= 0.3 is 12.1 Å². The molecular weight excluding hydrogens is 436 g/mol. The van der Waals surface area contributed by atoms with E-state index in [4.69, 9.17) is 14.6 Å². The minimum atomic E-state index is -1.01. The first kappa shape index (κ1) is 20.5. The fourth-order valence-corrected chi connectivity index (χ4v) is 5.47. The lowest BCUT2D eigenvalue weighted by molar-refractivity contribution is -0.164. The zero-order valence-electron chi connectivity index (χ0n) is 15.7. The Labute approximate surface area is 171 Å². The molecule has 0 radical (unpaired) electrons. The van der Waals surface area contributed by atoms with Crippen molar-refractivity contribution in [1.29, 1.82) is 0 Å². The summed E-state index contributed by atoms with van der Waals surface area (Å²) in [7, 11) is 0. The second-order valence-electron chi connectivity index (χ2n) is 8.19. The third-order valence-corrected chi connectivity index (χ3v) is 6.67. The topological polar surface area (TPSA) is 89.0 Å². The molecule has 2 fully saturated rings. The zero-order chi connectivity index (χ0) is 19.8. The first-order valence-electron chi connectivity index (χ1n) is 9.08. The van der Waals surface area contributed by atoms with Crippen molar-refractivity contribution in [3.8, 4) is 0 Å². The molecule has 0 saturated carbocycles. The number of carboxylic acids is 1. The maximum absolute atomic E-state index is 12.8. The highest BCUT2D eigenvalue weighted by atomic mass is 79.9. The summed E-state index contributed by atoms with van der Waals surface area (Å²) in [4.78, 5) is 30.3. The van der Waals surface area contributed by atoms with Crippen LogP contribution in [0.25, 0.3) is 0 Å². The Morgan fingerprint density at radius 3 is 2.48 bits per heavy atom.